The van der Waals surface area contributed by atoms with Crippen molar-refractivity contribution in [3.63, 3.8) is 0 Å². The number of nitrogens with two attached hydrogens (primary N) is 1. The lowest BCUT2D eigenvalue weighted by molar-refractivity contribution is -0.113. The Kier molecular flexibility index (Phi) is 6.55. The fraction of sp³-hybridized carbons (Fsp3) is 0.0645. The highest BCUT2D eigenvalue weighted by Gasteiger charge is 2.52. The molecule has 3 aromatic heterocycles. The first-order valence-corrected chi connectivity index (χ1v) is 15.3. The second kappa shape index (κ2) is 10.3. The van der Waals surface area contributed by atoms with E-state index in [0.717, 1.165) is 11.1 Å². The minimum Gasteiger partial charge on any atom is -0.400 e. The van der Waals surface area contributed by atoms with Gasteiger partial charge >= 0.3 is 0 Å². The molecule has 1 aliphatic rings. The van der Waals surface area contributed by atoms with Crippen LogP contribution in [-0.2, 0) is 10.2 Å². The number of halogens is 2. The van der Waals surface area contributed by atoms with E-state index < -0.39 is 5.41 Å². The fourth-order valence-electron chi connectivity index (χ4n) is 5.18. The molecule has 11 heteroatoms. The predicted octanol–water partition coefficient (Wildman–Crippen LogP) is 7.11. The molecule has 3 aromatic carbocycles. The molecule has 6 aromatic rings. The van der Waals surface area contributed by atoms with Gasteiger partial charge in [0.2, 0.25) is 0 Å². The van der Waals surface area contributed by atoms with E-state index in [2.05, 4.69) is 4.98 Å². The number of para-hydroxylation sites is 1. The van der Waals surface area contributed by atoms with E-state index in [0.29, 0.717) is 47.9 Å². The van der Waals surface area contributed by atoms with Gasteiger partial charge in [-0.2, -0.15) is 0 Å². The molecule has 0 unspecified atom stereocenters. The molecule has 7 rings (SSSR count). The number of rotatable bonds is 5. The van der Waals surface area contributed by atoms with Crippen LogP contribution in [0.25, 0.3) is 39.0 Å². The smallest absolute Gasteiger partial charge is 0.258 e. The van der Waals surface area contributed by atoms with Gasteiger partial charge in [0.1, 0.15) is 21.3 Å². The van der Waals surface area contributed by atoms with Crippen LogP contribution >= 0.6 is 45.9 Å². The van der Waals surface area contributed by atoms with Crippen molar-refractivity contribution < 1.29 is 4.79 Å². The number of hydrogen-bond acceptors (Lipinski definition) is 8. The van der Waals surface area contributed by atoms with Gasteiger partial charge in [-0.3, -0.25) is 9.59 Å². The Bertz CT molecular complexity index is 2100. The Morgan fingerprint density at radius 3 is 2.10 bits per heavy atom. The zero-order chi connectivity index (χ0) is 29.0. The topological polar surface area (TPSA) is 115 Å². The van der Waals surface area contributed by atoms with Crippen molar-refractivity contribution in [3.8, 4) is 22.5 Å². The zero-order valence-corrected chi connectivity index (χ0v) is 24.7. The van der Waals surface area contributed by atoms with Gasteiger partial charge in [-0.1, -0.05) is 59.6 Å². The van der Waals surface area contributed by atoms with E-state index in [4.69, 9.17) is 43.9 Å². The summed E-state index contributed by atoms with van der Waals surface area (Å²) in [7, 11) is 0. The number of hydrogen-bond donors (Lipinski definition) is 2. The Morgan fingerprint density at radius 1 is 0.786 bits per heavy atom. The third kappa shape index (κ3) is 4.37. The van der Waals surface area contributed by atoms with Gasteiger partial charge in [-0.15, -0.1) is 22.7 Å². The van der Waals surface area contributed by atoms with Crippen LogP contribution in [0.5, 0.6) is 0 Å². The zero-order valence-electron chi connectivity index (χ0n) is 21.6. The Morgan fingerprint density at radius 2 is 1.40 bits per heavy atom. The van der Waals surface area contributed by atoms with Crippen molar-refractivity contribution in [3.05, 3.63) is 125 Å². The van der Waals surface area contributed by atoms with Gasteiger partial charge in [-0.25, -0.2) is 15.0 Å². The van der Waals surface area contributed by atoms with E-state index in [1.54, 1.807) is 42.5 Å². The number of nitrogens with one attached hydrogen (secondary N) is 1. The van der Waals surface area contributed by atoms with Gasteiger partial charge < -0.3 is 10.7 Å². The highest BCUT2D eigenvalue weighted by Crippen LogP contribution is 2.50. The molecule has 0 spiro atoms. The van der Waals surface area contributed by atoms with Crippen LogP contribution in [0, 0.1) is 0 Å². The minimum absolute atomic E-state index is 0.0567. The largest absolute Gasteiger partial charge is 0.400 e. The van der Waals surface area contributed by atoms with Crippen LogP contribution in [0.1, 0.15) is 22.3 Å². The van der Waals surface area contributed by atoms with Crippen LogP contribution in [0.2, 0.25) is 10.0 Å². The second-order valence-electron chi connectivity index (χ2n) is 9.82. The standard InChI is InChI=1S/C31H19Cl2N5O2S2/c32-18-9-5-16(6-10-18)22-14-41-28(35-22)25-24(39)13-31(26(25)34,29-36-21-4-2-1-3-20(21)27(40)38-29)30-37-23(15-42-30)17-7-11-19(33)12-8-17/h1-12,14-15H,13,34H2,(H,36,38,40)/t31-/m1/s1. The Hall–Kier alpha value is -4.15. The molecule has 0 saturated carbocycles. The highest BCUT2D eigenvalue weighted by molar-refractivity contribution is 7.11. The molecule has 0 radical (unpaired) electrons. The number of benzene rings is 3. The molecule has 42 heavy (non-hydrogen) atoms. The van der Waals surface area contributed by atoms with Gasteiger partial charge in [-0.05, 0) is 36.4 Å². The summed E-state index contributed by atoms with van der Waals surface area (Å²) in [5.41, 5.74) is 9.53. The maximum atomic E-state index is 13.9. The van der Waals surface area contributed by atoms with Crippen molar-refractivity contribution in [2.75, 3.05) is 0 Å². The normalized spacial score (nSPS) is 17.0. The van der Waals surface area contributed by atoms with Gasteiger partial charge in [0.05, 0.1) is 27.9 Å². The van der Waals surface area contributed by atoms with Crippen LogP contribution in [0.3, 0.4) is 0 Å². The fourth-order valence-corrected chi connectivity index (χ4v) is 7.38. The van der Waals surface area contributed by atoms with E-state index in [9.17, 15) is 9.59 Å². The summed E-state index contributed by atoms with van der Waals surface area (Å²) in [6.07, 6.45) is -0.0567. The van der Waals surface area contributed by atoms with E-state index in [-0.39, 0.29) is 29.3 Å². The highest BCUT2D eigenvalue weighted by atomic mass is 35.5. The van der Waals surface area contributed by atoms with Crippen molar-refractivity contribution in [2.45, 2.75) is 11.8 Å². The van der Waals surface area contributed by atoms with Crippen molar-refractivity contribution >= 4 is 68.1 Å². The summed E-state index contributed by atoms with van der Waals surface area (Å²) in [4.78, 5) is 44.6. The number of thiazole rings is 2. The molecule has 1 atom stereocenters. The minimum atomic E-state index is -1.29. The first-order valence-electron chi connectivity index (χ1n) is 12.8. The number of carbonyl (C=O) groups excluding carboxylic acids is 1. The van der Waals surface area contributed by atoms with E-state index in [1.807, 2.05) is 41.1 Å². The SMILES string of the molecule is NC1=C(c2nc(-c3ccc(Cl)cc3)cs2)C(=O)C[C@@]1(c1nc2ccccc2c(=O)[nH]1)c1nc(-c2ccc(Cl)cc2)cs1. The monoisotopic (exact) mass is 627 g/mol. The van der Waals surface area contributed by atoms with Crippen molar-refractivity contribution in [1.82, 2.24) is 19.9 Å². The lowest BCUT2D eigenvalue weighted by Gasteiger charge is -2.27. The summed E-state index contributed by atoms with van der Waals surface area (Å²) < 4.78 is 0. The molecule has 3 N–H and O–H groups in total. The predicted molar refractivity (Wildman–Crippen MR) is 169 cm³/mol. The van der Waals surface area contributed by atoms with Crippen LogP contribution in [0.4, 0.5) is 0 Å². The van der Waals surface area contributed by atoms with E-state index in [1.165, 1.54) is 22.7 Å². The molecule has 7 nitrogen and oxygen atoms in total. The third-order valence-corrected chi connectivity index (χ3v) is 9.69. The molecule has 3 heterocycles. The number of carbonyl (C=O) groups is 1. The summed E-state index contributed by atoms with van der Waals surface area (Å²) in [5, 5.41) is 6.49. The van der Waals surface area contributed by atoms with Crippen molar-refractivity contribution in [2.24, 2.45) is 5.73 Å². The molecule has 206 valence electrons. The number of fused-ring (bicyclic) bond motifs is 1. The van der Waals surface area contributed by atoms with Crippen LogP contribution in [0.15, 0.2) is 94.0 Å². The van der Waals surface area contributed by atoms with E-state index >= 15 is 0 Å². The van der Waals surface area contributed by atoms with Gasteiger partial charge in [0.15, 0.2) is 5.78 Å². The molecule has 0 fully saturated rings. The average Bonchev–Trinajstić information content (AvgIpc) is 3.73. The molecule has 0 saturated heterocycles. The number of H-pyrrole nitrogens is 1. The third-order valence-electron chi connectivity index (χ3n) is 7.32. The molecule has 1 aliphatic carbocycles. The number of allylic oxidation sites excluding steroid dienone is 2. The van der Waals surface area contributed by atoms with Crippen LogP contribution in [-0.4, -0.2) is 25.7 Å². The summed E-state index contributed by atoms with van der Waals surface area (Å²) >= 11 is 14.8. The van der Waals surface area contributed by atoms with Crippen molar-refractivity contribution in [1.29, 1.82) is 0 Å². The Balaban J connectivity index is 1.43. The lowest BCUT2D eigenvalue weighted by atomic mass is 9.84. The molecular formula is C31H19Cl2N5O2S2. The number of ketones is 1. The molecule has 0 bridgehead atoms. The number of nitrogens with zero attached hydrogens (tertiary/aromatic N) is 3. The summed E-state index contributed by atoms with van der Waals surface area (Å²) in [6.45, 7) is 0. The number of aromatic nitrogens is 4. The maximum Gasteiger partial charge on any atom is 0.258 e. The lowest BCUT2D eigenvalue weighted by Crippen LogP contribution is -2.36. The Labute approximate surface area is 257 Å². The van der Waals surface area contributed by atoms with Crippen LogP contribution < -0.4 is 11.3 Å². The molecular weight excluding hydrogens is 609 g/mol. The number of Topliss-reactive ketones (excluding diaryl/α,β-unsaturated/α-hetero) is 1. The summed E-state index contributed by atoms with van der Waals surface area (Å²) in [6, 6.07) is 21.7. The summed E-state index contributed by atoms with van der Waals surface area (Å²) in [5.74, 6) is 0.0575. The second-order valence-corrected chi connectivity index (χ2v) is 12.4. The average molecular weight is 629 g/mol. The first kappa shape index (κ1) is 26.7. The quantitative estimate of drug-likeness (QED) is 0.210. The molecule has 0 amide bonds. The number of aromatic amines is 1. The first-order chi connectivity index (χ1) is 20.3. The van der Waals surface area contributed by atoms with Gasteiger partial charge in [0.25, 0.3) is 5.56 Å². The van der Waals surface area contributed by atoms with Gasteiger partial charge in [0, 0.05) is 44.1 Å². The molecule has 0 aliphatic heterocycles. The maximum absolute atomic E-state index is 13.9.